The van der Waals surface area contributed by atoms with Crippen LogP contribution in [0.1, 0.15) is 25.3 Å². The Labute approximate surface area is 104 Å². The number of hydrogen-bond donors (Lipinski definition) is 1. The van der Waals surface area contributed by atoms with Crippen molar-refractivity contribution in [1.29, 1.82) is 0 Å². The summed E-state index contributed by atoms with van der Waals surface area (Å²) in [6.45, 7) is 7.10. The summed E-state index contributed by atoms with van der Waals surface area (Å²) in [6, 6.07) is 6.28. The third-order valence-corrected chi connectivity index (χ3v) is 3.29. The van der Waals surface area contributed by atoms with Crippen LogP contribution < -0.4 is 10.6 Å². The number of nitrogens with zero attached hydrogens (tertiary/aromatic N) is 1. The van der Waals surface area contributed by atoms with Crippen LogP contribution in [0, 0.1) is 6.92 Å². The van der Waals surface area contributed by atoms with Crippen LogP contribution in [0.2, 0.25) is 0 Å². The van der Waals surface area contributed by atoms with Gasteiger partial charge in [0.25, 0.3) is 0 Å². The number of anilines is 2. The molecule has 1 saturated heterocycles. The first-order valence-corrected chi connectivity index (χ1v) is 6.42. The lowest BCUT2D eigenvalue weighted by Crippen LogP contribution is -2.37. The highest BCUT2D eigenvalue weighted by Gasteiger charge is 2.19. The van der Waals surface area contributed by atoms with Crippen LogP contribution in [0.5, 0.6) is 0 Å². The molecule has 3 nitrogen and oxygen atoms in total. The van der Waals surface area contributed by atoms with Crippen LogP contribution in [-0.2, 0) is 4.74 Å². The predicted octanol–water partition coefficient (Wildman–Crippen LogP) is 2.58. The molecule has 94 valence electrons. The summed E-state index contributed by atoms with van der Waals surface area (Å²) in [7, 11) is 0. The quantitative estimate of drug-likeness (QED) is 0.817. The molecular formula is C14H22N2O. The number of hydrogen-bond acceptors (Lipinski definition) is 3. The van der Waals surface area contributed by atoms with Gasteiger partial charge in [0.1, 0.15) is 0 Å². The van der Waals surface area contributed by atoms with E-state index in [9.17, 15) is 0 Å². The second-order valence-corrected chi connectivity index (χ2v) is 4.74. The number of aryl methyl sites for hydroxylation is 1. The van der Waals surface area contributed by atoms with E-state index in [1.807, 2.05) is 6.07 Å². The molecule has 1 aliphatic rings. The van der Waals surface area contributed by atoms with Gasteiger partial charge in [0.05, 0.1) is 6.10 Å². The third kappa shape index (κ3) is 3.13. The summed E-state index contributed by atoms with van der Waals surface area (Å²) in [5.74, 6) is 0. The molecule has 17 heavy (non-hydrogen) atoms. The normalized spacial score (nSPS) is 17.4. The first-order chi connectivity index (χ1) is 8.19. The highest BCUT2D eigenvalue weighted by Crippen LogP contribution is 2.24. The van der Waals surface area contributed by atoms with Crippen molar-refractivity contribution < 1.29 is 4.74 Å². The lowest BCUT2D eigenvalue weighted by molar-refractivity contribution is 0.0459. The minimum Gasteiger partial charge on any atom is -0.399 e. The molecule has 0 amide bonds. The van der Waals surface area contributed by atoms with Gasteiger partial charge in [0, 0.05) is 31.1 Å². The van der Waals surface area contributed by atoms with Crippen molar-refractivity contribution in [3.8, 4) is 0 Å². The van der Waals surface area contributed by atoms with Crippen LogP contribution in [0.15, 0.2) is 18.2 Å². The molecular weight excluding hydrogens is 212 g/mol. The number of piperidine rings is 1. The molecule has 0 spiro atoms. The fourth-order valence-corrected chi connectivity index (χ4v) is 2.49. The van der Waals surface area contributed by atoms with Crippen molar-refractivity contribution in [2.75, 3.05) is 30.3 Å². The fourth-order valence-electron chi connectivity index (χ4n) is 2.49. The Hall–Kier alpha value is -1.22. The van der Waals surface area contributed by atoms with Crippen molar-refractivity contribution in [3.05, 3.63) is 23.8 Å². The van der Waals surface area contributed by atoms with Gasteiger partial charge in [-0.15, -0.1) is 0 Å². The topological polar surface area (TPSA) is 38.5 Å². The zero-order valence-electron chi connectivity index (χ0n) is 10.8. The van der Waals surface area contributed by atoms with Gasteiger partial charge in [-0.3, -0.25) is 0 Å². The minimum absolute atomic E-state index is 0.443. The van der Waals surface area contributed by atoms with Gasteiger partial charge in [0.2, 0.25) is 0 Å². The van der Waals surface area contributed by atoms with E-state index in [0.29, 0.717) is 6.10 Å². The number of nitrogens with two attached hydrogens (primary N) is 1. The van der Waals surface area contributed by atoms with Crippen molar-refractivity contribution in [2.45, 2.75) is 32.8 Å². The second kappa shape index (κ2) is 5.41. The molecule has 1 aromatic rings. The maximum Gasteiger partial charge on any atom is 0.0608 e. The zero-order valence-corrected chi connectivity index (χ0v) is 10.8. The van der Waals surface area contributed by atoms with Gasteiger partial charge in [-0.1, -0.05) is 0 Å². The van der Waals surface area contributed by atoms with E-state index in [1.54, 1.807) is 0 Å². The molecule has 0 aromatic heterocycles. The molecule has 2 N–H and O–H groups in total. The van der Waals surface area contributed by atoms with E-state index in [-0.39, 0.29) is 0 Å². The van der Waals surface area contributed by atoms with E-state index in [0.717, 1.165) is 38.2 Å². The van der Waals surface area contributed by atoms with E-state index in [1.165, 1.54) is 11.3 Å². The lowest BCUT2D eigenvalue weighted by Gasteiger charge is -2.33. The molecule has 0 radical (unpaired) electrons. The van der Waals surface area contributed by atoms with E-state index >= 15 is 0 Å². The van der Waals surface area contributed by atoms with Crippen LogP contribution in [0.25, 0.3) is 0 Å². The fraction of sp³-hybridized carbons (Fsp3) is 0.571. The lowest BCUT2D eigenvalue weighted by atomic mass is 10.1. The maximum atomic E-state index is 5.89. The first-order valence-electron chi connectivity index (χ1n) is 6.42. The smallest absolute Gasteiger partial charge is 0.0608 e. The Morgan fingerprint density at radius 2 is 2.00 bits per heavy atom. The Bertz CT molecular complexity index is 350. The van der Waals surface area contributed by atoms with Gasteiger partial charge in [-0.25, -0.2) is 0 Å². The predicted molar refractivity (Wildman–Crippen MR) is 72.5 cm³/mol. The monoisotopic (exact) mass is 234 g/mol. The summed E-state index contributed by atoms with van der Waals surface area (Å²) in [5.41, 5.74) is 9.22. The van der Waals surface area contributed by atoms with E-state index < -0.39 is 0 Å². The van der Waals surface area contributed by atoms with Gasteiger partial charge in [-0.05, 0) is 50.5 Å². The molecule has 0 bridgehead atoms. The Kier molecular flexibility index (Phi) is 3.89. The van der Waals surface area contributed by atoms with Crippen LogP contribution in [0.4, 0.5) is 11.4 Å². The van der Waals surface area contributed by atoms with E-state index in [2.05, 4.69) is 30.9 Å². The Morgan fingerprint density at radius 3 is 2.59 bits per heavy atom. The number of benzene rings is 1. The summed E-state index contributed by atoms with van der Waals surface area (Å²) >= 11 is 0. The highest BCUT2D eigenvalue weighted by molar-refractivity contribution is 5.58. The average molecular weight is 234 g/mol. The van der Waals surface area contributed by atoms with E-state index in [4.69, 9.17) is 10.5 Å². The SMILES string of the molecule is CCOC1CCN(c2cc(C)cc(N)c2)CC1. The summed E-state index contributed by atoms with van der Waals surface area (Å²) in [5, 5.41) is 0. The molecule has 2 rings (SSSR count). The second-order valence-electron chi connectivity index (χ2n) is 4.74. The van der Waals surface area contributed by atoms with Crippen molar-refractivity contribution in [2.24, 2.45) is 0 Å². The first kappa shape index (κ1) is 12.2. The molecule has 0 aliphatic carbocycles. The van der Waals surface area contributed by atoms with Crippen LogP contribution in [0.3, 0.4) is 0 Å². The van der Waals surface area contributed by atoms with Gasteiger partial charge < -0.3 is 15.4 Å². The van der Waals surface area contributed by atoms with Crippen molar-refractivity contribution in [3.63, 3.8) is 0 Å². The van der Waals surface area contributed by atoms with Crippen LogP contribution in [-0.4, -0.2) is 25.8 Å². The standard InChI is InChI=1S/C14H22N2O/c1-3-17-14-4-6-16(7-5-14)13-9-11(2)8-12(15)10-13/h8-10,14H,3-7,15H2,1-2H3. The molecule has 0 saturated carbocycles. The number of rotatable bonds is 3. The zero-order chi connectivity index (χ0) is 12.3. The minimum atomic E-state index is 0.443. The molecule has 1 fully saturated rings. The number of ether oxygens (including phenoxy) is 1. The summed E-state index contributed by atoms with van der Waals surface area (Å²) in [4.78, 5) is 2.40. The molecule has 1 aromatic carbocycles. The summed E-state index contributed by atoms with van der Waals surface area (Å²) < 4.78 is 5.66. The number of nitrogen functional groups attached to an aromatic ring is 1. The summed E-state index contributed by atoms with van der Waals surface area (Å²) in [6.07, 6.45) is 2.67. The molecule has 1 aliphatic heterocycles. The molecule has 1 heterocycles. The average Bonchev–Trinajstić information content (AvgIpc) is 2.29. The Morgan fingerprint density at radius 1 is 1.29 bits per heavy atom. The molecule has 0 unspecified atom stereocenters. The molecule has 0 atom stereocenters. The Balaban J connectivity index is 2.00. The maximum absolute atomic E-state index is 5.89. The molecule has 3 heteroatoms. The van der Waals surface area contributed by atoms with Crippen LogP contribution >= 0.6 is 0 Å². The largest absolute Gasteiger partial charge is 0.399 e. The van der Waals surface area contributed by atoms with Gasteiger partial charge >= 0.3 is 0 Å². The van der Waals surface area contributed by atoms with Gasteiger partial charge in [0.15, 0.2) is 0 Å². The highest BCUT2D eigenvalue weighted by atomic mass is 16.5. The van der Waals surface area contributed by atoms with Crippen molar-refractivity contribution >= 4 is 11.4 Å². The van der Waals surface area contributed by atoms with Crippen molar-refractivity contribution in [1.82, 2.24) is 0 Å². The van der Waals surface area contributed by atoms with Gasteiger partial charge in [-0.2, -0.15) is 0 Å². The third-order valence-electron chi connectivity index (χ3n) is 3.29.